The molecule has 108 valence electrons. The van der Waals surface area contributed by atoms with Gasteiger partial charge in [0.05, 0.1) is 0 Å². The van der Waals surface area contributed by atoms with E-state index in [9.17, 15) is 9.59 Å². The summed E-state index contributed by atoms with van der Waals surface area (Å²) in [6.07, 6.45) is 0. The van der Waals surface area contributed by atoms with Crippen molar-refractivity contribution in [2.24, 2.45) is 0 Å². The summed E-state index contributed by atoms with van der Waals surface area (Å²) in [6.45, 7) is 1.50. The predicted molar refractivity (Wildman–Crippen MR) is 84.3 cm³/mol. The Bertz CT molecular complexity index is 648. The van der Waals surface area contributed by atoms with Crippen LogP contribution in [0.4, 0.5) is 17.1 Å². The maximum absolute atomic E-state index is 12.0. The van der Waals surface area contributed by atoms with Gasteiger partial charge in [-0.3, -0.25) is 9.59 Å². The summed E-state index contributed by atoms with van der Waals surface area (Å²) in [6, 6.07) is 13.8. The third-order valence-corrected chi connectivity index (χ3v) is 3.16. The highest BCUT2D eigenvalue weighted by Crippen LogP contribution is 2.17. The molecule has 2 amide bonds. The van der Waals surface area contributed by atoms with E-state index in [2.05, 4.69) is 5.32 Å². The minimum atomic E-state index is -0.206. The molecule has 0 aromatic heterocycles. The summed E-state index contributed by atoms with van der Waals surface area (Å²) >= 11 is 0. The molecule has 2 aromatic carbocycles. The van der Waals surface area contributed by atoms with Crippen molar-refractivity contribution in [1.29, 1.82) is 0 Å². The molecular formula is C16H17N3O2. The molecule has 0 bridgehead atoms. The molecule has 0 atom stereocenters. The van der Waals surface area contributed by atoms with Crippen molar-refractivity contribution in [1.82, 2.24) is 0 Å². The molecule has 0 heterocycles. The van der Waals surface area contributed by atoms with Gasteiger partial charge in [0.15, 0.2) is 0 Å². The molecule has 2 aromatic rings. The molecule has 0 spiro atoms. The van der Waals surface area contributed by atoms with Crippen LogP contribution in [0.3, 0.4) is 0 Å². The normalized spacial score (nSPS) is 10.0. The number of benzene rings is 2. The average Bonchev–Trinajstić information content (AvgIpc) is 2.47. The highest BCUT2D eigenvalue weighted by atomic mass is 16.2. The van der Waals surface area contributed by atoms with Crippen molar-refractivity contribution in [2.75, 3.05) is 23.0 Å². The Morgan fingerprint density at radius 2 is 1.57 bits per heavy atom. The van der Waals surface area contributed by atoms with E-state index in [4.69, 9.17) is 5.73 Å². The molecule has 0 radical (unpaired) electrons. The van der Waals surface area contributed by atoms with Crippen LogP contribution in [0.15, 0.2) is 48.5 Å². The molecule has 0 saturated carbocycles. The predicted octanol–water partition coefficient (Wildman–Crippen LogP) is 2.50. The largest absolute Gasteiger partial charge is 0.399 e. The highest BCUT2D eigenvalue weighted by molar-refractivity contribution is 6.04. The Kier molecular flexibility index (Phi) is 4.23. The minimum absolute atomic E-state index is 0.0475. The van der Waals surface area contributed by atoms with E-state index >= 15 is 0 Å². The first kappa shape index (κ1) is 14.6. The van der Waals surface area contributed by atoms with Crippen LogP contribution in [0.5, 0.6) is 0 Å². The molecule has 21 heavy (non-hydrogen) atoms. The van der Waals surface area contributed by atoms with Crippen LogP contribution in [0.25, 0.3) is 0 Å². The monoisotopic (exact) mass is 283 g/mol. The summed E-state index contributed by atoms with van der Waals surface area (Å²) < 4.78 is 0. The Labute approximate surface area is 123 Å². The molecule has 0 aliphatic carbocycles. The molecule has 0 aliphatic rings. The number of anilines is 3. The molecule has 0 aliphatic heterocycles. The zero-order valence-electron chi connectivity index (χ0n) is 12.0. The van der Waals surface area contributed by atoms with Gasteiger partial charge in [0.2, 0.25) is 5.91 Å². The molecule has 0 saturated heterocycles. The second-order valence-electron chi connectivity index (χ2n) is 4.70. The van der Waals surface area contributed by atoms with E-state index in [0.717, 1.165) is 5.69 Å². The van der Waals surface area contributed by atoms with Crippen molar-refractivity contribution in [3.8, 4) is 0 Å². The van der Waals surface area contributed by atoms with E-state index in [1.54, 1.807) is 55.6 Å². The number of hydrogen-bond acceptors (Lipinski definition) is 3. The fourth-order valence-electron chi connectivity index (χ4n) is 1.79. The van der Waals surface area contributed by atoms with Gasteiger partial charge < -0.3 is 16.0 Å². The van der Waals surface area contributed by atoms with E-state index in [-0.39, 0.29) is 11.8 Å². The highest BCUT2D eigenvalue weighted by Gasteiger charge is 2.08. The van der Waals surface area contributed by atoms with Gasteiger partial charge >= 0.3 is 0 Å². The zero-order chi connectivity index (χ0) is 15.4. The number of amides is 2. The number of nitrogens with one attached hydrogen (secondary N) is 1. The van der Waals surface area contributed by atoms with E-state index in [1.807, 2.05) is 0 Å². The summed E-state index contributed by atoms with van der Waals surface area (Å²) in [7, 11) is 1.70. The smallest absolute Gasteiger partial charge is 0.255 e. The molecule has 5 heteroatoms. The van der Waals surface area contributed by atoms with Gasteiger partial charge in [-0.2, -0.15) is 0 Å². The van der Waals surface area contributed by atoms with Crippen LogP contribution >= 0.6 is 0 Å². The first-order valence-corrected chi connectivity index (χ1v) is 6.48. The van der Waals surface area contributed by atoms with Crippen molar-refractivity contribution < 1.29 is 9.59 Å². The lowest BCUT2D eigenvalue weighted by molar-refractivity contribution is -0.116. The van der Waals surface area contributed by atoms with Crippen molar-refractivity contribution >= 4 is 28.9 Å². The van der Waals surface area contributed by atoms with Crippen molar-refractivity contribution in [3.05, 3.63) is 54.1 Å². The standard InChI is InChI=1S/C16H17N3O2/c1-11(20)19(2)15-9-7-14(8-10-15)18-16(21)12-3-5-13(17)6-4-12/h3-10H,17H2,1-2H3,(H,18,21). The number of carbonyl (C=O) groups excluding carboxylic acids is 2. The van der Waals surface area contributed by atoms with Crippen LogP contribution in [-0.2, 0) is 4.79 Å². The Balaban J connectivity index is 2.08. The number of nitrogen functional groups attached to an aromatic ring is 1. The summed E-state index contributed by atoms with van der Waals surface area (Å²) in [5, 5.41) is 2.79. The topological polar surface area (TPSA) is 75.4 Å². The summed E-state index contributed by atoms with van der Waals surface area (Å²) in [5.74, 6) is -0.253. The SMILES string of the molecule is CC(=O)N(C)c1ccc(NC(=O)c2ccc(N)cc2)cc1. The van der Waals surface area contributed by atoms with Gasteiger partial charge in [-0.25, -0.2) is 0 Å². The lowest BCUT2D eigenvalue weighted by Gasteiger charge is -2.15. The second kappa shape index (κ2) is 6.09. The third-order valence-electron chi connectivity index (χ3n) is 3.16. The summed E-state index contributed by atoms with van der Waals surface area (Å²) in [4.78, 5) is 24.8. The van der Waals surface area contributed by atoms with Gasteiger partial charge in [-0.1, -0.05) is 0 Å². The fraction of sp³-hybridized carbons (Fsp3) is 0.125. The first-order valence-electron chi connectivity index (χ1n) is 6.48. The maximum Gasteiger partial charge on any atom is 0.255 e. The van der Waals surface area contributed by atoms with E-state index in [1.165, 1.54) is 11.8 Å². The van der Waals surface area contributed by atoms with Crippen LogP contribution < -0.4 is 16.0 Å². The Morgan fingerprint density at radius 1 is 1.00 bits per heavy atom. The van der Waals surface area contributed by atoms with Crippen molar-refractivity contribution in [2.45, 2.75) is 6.92 Å². The summed E-state index contributed by atoms with van der Waals surface area (Å²) in [5.41, 5.74) is 8.17. The van der Waals surface area contributed by atoms with Crippen LogP contribution in [0.1, 0.15) is 17.3 Å². The maximum atomic E-state index is 12.0. The molecule has 0 fully saturated rings. The average molecular weight is 283 g/mol. The number of rotatable bonds is 3. The molecular weight excluding hydrogens is 266 g/mol. The van der Waals surface area contributed by atoms with Gasteiger partial charge in [0, 0.05) is 36.6 Å². The van der Waals surface area contributed by atoms with E-state index in [0.29, 0.717) is 16.9 Å². The Hall–Kier alpha value is -2.82. The van der Waals surface area contributed by atoms with Crippen LogP contribution in [0, 0.1) is 0 Å². The van der Waals surface area contributed by atoms with Gasteiger partial charge in [-0.15, -0.1) is 0 Å². The molecule has 0 unspecified atom stereocenters. The molecule has 2 rings (SSSR count). The minimum Gasteiger partial charge on any atom is -0.399 e. The number of nitrogens with zero attached hydrogens (tertiary/aromatic N) is 1. The number of hydrogen-bond donors (Lipinski definition) is 2. The third kappa shape index (κ3) is 3.60. The van der Waals surface area contributed by atoms with Gasteiger partial charge in [0.25, 0.3) is 5.91 Å². The lowest BCUT2D eigenvalue weighted by atomic mass is 10.2. The lowest BCUT2D eigenvalue weighted by Crippen LogP contribution is -2.22. The second-order valence-corrected chi connectivity index (χ2v) is 4.70. The quantitative estimate of drug-likeness (QED) is 0.850. The van der Waals surface area contributed by atoms with Gasteiger partial charge in [-0.05, 0) is 48.5 Å². The molecule has 5 nitrogen and oxygen atoms in total. The van der Waals surface area contributed by atoms with Crippen LogP contribution in [0.2, 0.25) is 0 Å². The molecule has 3 N–H and O–H groups in total. The van der Waals surface area contributed by atoms with Crippen molar-refractivity contribution in [3.63, 3.8) is 0 Å². The van der Waals surface area contributed by atoms with Crippen LogP contribution in [-0.4, -0.2) is 18.9 Å². The number of carbonyl (C=O) groups is 2. The van der Waals surface area contributed by atoms with Gasteiger partial charge in [0.1, 0.15) is 0 Å². The van der Waals surface area contributed by atoms with E-state index < -0.39 is 0 Å². The first-order chi connectivity index (χ1) is 9.97. The zero-order valence-corrected chi connectivity index (χ0v) is 12.0. The fourth-order valence-corrected chi connectivity index (χ4v) is 1.79. The number of nitrogens with two attached hydrogens (primary N) is 1. The Morgan fingerprint density at radius 3 is 2.10 bits per heavy atom.